The summed E-state index contributed by atoms with van der Waals surface area (Å²) in [4.78, 5) is 0. The Kier molecular flexibility index (Phi) is 3.56. The molecule has 5 heteroatoms. The van der Waals surface area contributed by atoms with Crippen molar-refractivity contribution in [3.8, 4) is 5.75 Å². The fraction of sp³-hybridized carbons (Fsp3) is 0.467. The van der Waals surface area contributed by atoms with Crippen molar-refractivity contribution in [2.45, 2.75) is 31.3 Å². The van der Waals surface area contributed by atoms with Gasteiger partial charge >= 0.3 is 0 Å². The Hall–Kier alpha value is -1.33. The predicted octanol–water partition coefficient (Wildman–Crippen LogP) is 1.45. The van der Waals surface area contributed by atoms with Gasteiger partial charge < -0.3 is 10.1 Å². The van der Waals surface area contributed by atoms with E-state index in [1.807, 2.05) is 6.07 Å². The second kappa shape index (κ2) is 5.22. The van der Waals surface area contributed by atoms with Crippen LogP contribution in [-0.4, -0.2) is 33.4 Å². The zero-order valence-electron chi connectivity index (χ0n) is 11.5. The predicted molar refractivity (Wildman–Crippen MR) is 78.7 cm³/mol. The van der Waals surface area contributed by atoms with Crippen LogP contribution in [0, 0.1) is 0 Å². The van der Waals surface area contributed by atoms with Crippen LogP contribution in [0.3, 0.4) is 0 Å². The summed E-state index contributed by atoms with van der Waals surface area (Å²) in [7, 11) is -1.31. The number of methoxy groups -OCH3 is 1. The Morgan fingerprint density at radius 1 is 1.30 bits per heavy atom. The second-order valence-corrected chi connectivity index (χ2v) is 7.44. The smallest absolute Gasteiger partial charge is 0.173 e. The minimum atomic E-state index is -2.98. The minimum absolute atomic E-state index is 0.0443. The third-order valence-electron chi connectivity index (χ3n) is 4.02. The molecule has 0 aromatic heterocycles. The van der Waals surface area contributed by atoms with Crippen molar-refractivity contribution in [1.82, 2.24) is 5.32 Å². The summed E-state index contributed by atoms with van der Waals surface area (Å²) in [5.41, 5.74) is 2.68. The molecule has 1 aromatic rings. The first kappa shape index (κ1) is 13.6. The molecule has 0 radical (unpaired) electrons. The maximum atomic E-state index is 11.4. The summed E-state index contributed by atoms with van der Waals surface area (Å²) in [6.45, 7) is 0. The van der Waals surface area contributed by atoms with E-state index in [2.05, 4.69) is 17.4 Å². The largest absolute Gasteiger partial charge is 0.497 e. The molecule has 0 saturated heterocycles. The molecule has 2 unspecified atom stereocenters. The van der Waals surface area contributed by atoms with E-state index in [0.717, 1.165) is 25.0 Å². The van der Waals surface area contributed by atoms with E-state index in [1.165, 1.54) is 16.5 Å². The van der Waals surface area contributed by atoms with Crippen LogP contribution >= 0.6 is 0 Å². The highest BCUT2D eigenvalue weighted by atomic mass is 32.2. The van der Waals surface area contributed by atoms with Gasteiger partial charge in [0.1, 0.15) is 5.75 Å². The van der Waals surface area contributed by atoms with Crippen molar-refractivity contribution < 1.29 is 13.2 Å². The summed E-state index contributed by atoms with van der Waals surface area (Å²) in [6, 6.07) is 6.50. The third-order valence-corrected chi connectivity index (χ3v) is 5.42. The van der Waals surface area contributed by atoms with Crippen LogP contribution in [0.4, 0.5) is 0 Å². The lowest BCUT2D eigenvalue weighted by molar-refractivity contribution is 0.409. The van der Waals surface area contributed by atoms with E-state index < -0.39 is 9.84 Å². The van der Waals surface area contributed by atoms with Crippen LogP contribution in [0.1, 0.15) is 17.5 Å². The van der Waals surface area contributed by atoms with Gasteiger partial charge in [-0.3, -0.25) is 0 Å². The summed E-state index contributed by atoms with van der Waals surface area (Å²) < 4.78 is 28.1. The number of benzene rings is 1. The van der Waals surface area contributed by atoms with Crippen molar-refractivity contribution in [3.05, 3.63) is 40.8 Å². The molecule has 2 atom stereocenters. The molecule has 1 heterocycles. The molecule has 20 heavy (non-hydrogen) atoms. The first-order valence-electron chi connectivity index (χ1n) is 6.88. The number of hydrogen-bond acceptors (Lipinski definition) is 4. The molecule has 4 nitrogen and oxygen atoms in total. The number of hydrogen-bond donors (Lipinski definition) is 1. The molecule has 108 valence electrons. The number of rotatable bonds is 3. The lowest BCUT2D eigenvalue weighted by Crippen LogP contribution is -2.42. The van der Waals surface area contributed by atoms with Gasteiger partial charge in [0.05, 0.1) is 12.9 Å². The molecule has 0 saturated carbocycles. The number of nitrogens with one attached hydrogen (secondary N) is 1. The minimum Gasteiger partial charge on any atom is -0.497 e. The summed E-state index contributed by atoms with van der Waals surface area (Å²) in [5.74, 6) is 1.07. The molecule has 1 N–H and O–H groups in total. The molecule has 0 bridgehead atoms. The van der Waals surface area contributed by atoms with Gasteiger partial charge in [-0.25, -0.2) is 8.42 Å². The Morgan fingerprint density at radius 3 is 2.85 bits per heavy atom. The molecule has 0 amide bonds. The molecular formula is C15H19NO3S. The molecule has 2 aliphatic rings. The van der Waals surface area contributed by atoms with E-state index in [0.29, 0.717) is 6.04 Å². The molecule has 0 fully saturated rings. The van der Waals surface area contributed by atoms with Gasteiger partial charge in [-0.1, -0.05) is 12.1 Å². The summed E-state index contributed by atoms with van der Waals surface area (Å²) in [5, 5.41) is 4.77. The van der Waals surface area contributed by atoms with Crippen LogP contribution in [0.2, 0.25) is 0 Å². The average Bonchev–Trinajstić information content (AvgIpc) is 2.77. The molecule has 0 spiro atoms. The Balaban J connectivity index is 1.68. The van der Waals surface area contributed by atoms with Crippen LogP contribution in [-0.2, 0) is 22.7 Å². The Labute approximate surface area is 119 Å². The Morgan fingerprint density at radius 2 is 2.15 bits per heavy atom. The monoisotopic (exact) mass is 293 g/mol. The van der Waals surface area contributed by atoms with Crippen molar-refractivity contribution in [2.24, 2.45) is 0 Å². The second-order valence-electron chi connectivity index (χ2n) is 5.51. The third kappa shape index (κ3) is 2.88. The van der Waals surface area contributed by atoms with Gasteiger partial charge in [0.25, 0.3) is 0 Å². The summed E-state index contributed by atoms with van der Waals surface area (Å²) in [6.07, 6.45) is 4.76. The number of fused-ring (bicyclic) bond motifs is 1. The SMILES string of the molecule is COc1ccc2c(c1)CC(NC1C=CS(=O)(=O)C1)CC2. The maximum Gasteiger partial charge on any atom is 0.173 e. The standard InChI is InChI=1S/C15H19NO3S/c1-19-15-5-3-11-2-4-13(8-12(11)9-15)16-14-6-7-20(17,18)10-14/h3,5-7,9,13-14,16H,2,4,8,10H2,1H3. The lowest BCUT2D eigenvalue weighted by atomic mass is 9.88. The Bertz CT molecular complexity index is 637. The number of aryl methyl sites for hydroxylation is 1. The zero-order valence-corrected chi connectivity index (χ0v) is 12.3. The zero-order chi connectivity index (χ0) is 14.2. The van der Waals surface area contributed by atoms with E-state index >= 15 is 0 Å². The van der Waals surface area contributed by atoms with Crippen molar-refractivity contribution in [2.75, 3.05) is 12.9 Å². The van der Waals surface area contributed by atoms with Gasteiger partial charge in [-0.05, 0) is 42.5 Å². The summed E-state index contributed by atoms with van der Waals surface area (Å²) >= 11 is 0. The lowest BCUT2D eigenvalue weighted by Gasteiger charge is -2.27. The first-order chi connectivity index (χ1) is 9.55. The highest BCUT2D eigenvalue weighted by molar-refractivity contribution is 7.94. The highest BCUT2D eigenvalue weighted by Crippen LogP contribution is 2.26. The van der Waals surface area contributed by atoms with Gasteiger partial charge in [0.15, 0.2) is 9.84 Å². The van der Waals surface area contributed by atoms with Crippen LogP contribution in [0.25, 0.3) is 0 Å². The van der Waals surface area contributed by atoms with Gasteiger partial charge in [0, 0.05) is 17.5 Å². The normalized spacial score (nSPS) is 27.2. The van der Waals surface area contributed by atoms with Gasteiger partial charge in [-0.15, -0.1) is 0 Å². The molecule has 1 aliphatic heterocycles. The van der Waals surface area contributed by atoms with Crippen molar-refractivity contribution in [3.63, 3.8) is 0 Å². The van der Waals surface area contributed by atoms with Crippen molar-refractivity contribution >= 4 is 9.84 Å². The van der Waals surface area contributed by atoms with E-state index in [1.54, 1.807) is 13.2 Å². The van der Waals surface area contributed by atoms with Crippen LogP contribution < -0.4 is 10.1 Å². The number of ether oxygens (including phenoxy) is 1. The molecule has 1 aliphatic carbocycles. The number of sulfone groups is 1. The first-order valence-corrected chi connectivity index (χ1v) is 8.60. The van der Waals surface area contributed by atoms with E-state index in [-0.39, 0.29) is 11.8 Å². The topological polar surface area (TPSA) is 55.4 Å². The quantitative estimate of drug-likeness (QED) is 0.916. The van der Waals surface area contributed by atoms with E-state index in [4.69, 9.17) is 4.74 Å². The fourth-order valence-electron chi connectivity index (χ4n) is 2.99. The average molecular weight is 293 g/mol. The van der Waals surface area contributed by atoms with Crippen LogP contribution in [0.5, 0.6) is 5.75 Å². The van der Waals surface area contributed by atoms with Crippen molar-refractivity contribution in [1.29, 1.82) is 0 Å². The van der Waals surface area contributed by atoms with Gasteiger partial charge in [-0.2, -0.15) is 0 Å². The molecular weight excluding hydrogens is 274 g/mol. The highest BCUT2D eigenvalue weighted by Gasteiger charge is 2.26. The van der Waals surface area contributed by atoms with E-state index in [9.17, 15) is 8.42 Å². The van der Waals surface area contributed by atoms with Gasteiger partial charge in [0.2, 0.25) is 0 Å². The fourth-order valence-corrected chi connectivity index (χ4v) is 4.23. The maximum absolute atomic E-state index is 11.4. The molecule has 3 rings (SSSR count). The molecule has 1 aromatic carbocycles. The van der Waals surface area contributed by atoms with Crippen LogP contribution in [0.15, 0.2) is 29.7 Å².